The van der Waals surface area contributed by atoms with Gasteiger partial charge in [0.25, 0.3) is 0 Å². The average molecular weight is 539 g/mol. The molecule has 0 saturated heterocycles. The van der Waals surface area contributed by atoms with E-state index in [-0.39, 0.29) is 16.8 Å². The Bertz CT molecular complexity index is 755. The molecule has 2 aliphatic carbocycles. The number of rotatable bonds is 2. The van der Waals surface area contributed by atoms with Gasteiger partial charge in [-0.05, 0) is 80.1 Å². The summed E-state index contributed by atoms with van der Waals surface area (Å²) >= 11 is 0. The maximum atomic E-state index is 5.99. The van der Waals surface area contributed by atoms with E-state index in [0.717, 1.165) is 26.1 Å². The van der Waals surface area contributed by atoms with Gasteiger partial charge in [0.1, 0.15) is 0 Å². The van der Waals surface area contributed by atoms with Crippen molar-refractivity contribution in [1.29, 1.82) is 0 Å². The van der Waals surface area contributed by atoms with Crippen molar-refractivity contribution in [2.24, 2.45) is 0 Å². The molecular weight excluding hydrogens is 495 g/mol. The van der Waals surface area contributed by atoms with Crippen LogP contribution in [0.5, 0.6) is 0 Å². The number of hydrogen-bond donors (Lipinski definition) is 0. The quantitative estimate of drug-likeness (QED) is 0.360. The van der Waals surface area contributed by atoms with Crippen molar-refractivity contribution < 1.29 is 26.3 Å². The zero-order valence-corrected chi connectivity index (χ0v) is 25.0. The molecule has 0 atom stereocenters. The topological polar surface area (TPSA) is 18.5 Å². The fourth-order valence-electron chi connectivity index (χ4n) is 4.88. The van der Waals surface area contributed by atoms with Crippen LogP contribution in [0.2, 0.25) is 39.3 Å². The molecule has 6 radical (unpaired) electrons. The summed E-state index contributed by atoms with van der Waals surface area (Å²) in [6.07, 6.45) is 14.6. The molecule has 5 rings (SSSR count). The van der Waals surface area contributed by atoms with Gasteiger partial charge < -0.3 is 9.47 Å². The second-order valence-electron chi connectivity index (χ2n) is 11.3. The Morgan fingerprint density at radius 1 is 0.559 bits per heavy atom. The predicted octanol–water partition coefficient (Wildman–Crippen LogP) is 7.67. The molecule has 1 aromatic carbocycles. The third-order valence-electron chi connectivity index (χ3n) is 6.26. The van der Waals surface area contributed by atoms with Gasteiger partial charge in [0, 0.05) is 30.0 Å². The van der Waals surface area contributed by atoms with Crippen LogP contribution in [0.15, 0.2) is 45.8 Å². The maximum absolute atomic E-state index is 5.99. The molecule has 2 nitrogen and oxygen atoms in total. The minimum atomic E-state index is -1.33. The largest absolute Gasteiger partial charge is 0.377 e. The normalized spacial score (nSPS) is 20.2. The fourth-order valence-corrected chi connectivity index (χ4v) is 11.3. The van der Waals surface area contributed by atoms with Crippen LogP contribution in [0.25, 0.3) is 0 Å². The molecule has 34 heavy (non-hydrogen) atoms. The van der Waals surface area contributed by atoms with E-state index in [0.29, 0.717) is 13.2 Å². The number of ether oxygens (including phenoxy) is 2. The summed E-state index contributed by atoms with van der Waals surface area (Å²) in [4.78, 5) is 0. The Morgan fingerprint density at radius 3 is 1.18 bits per heavy atom. The van der Waals surface area contributed by atoms with Gasteiger partial charge in [-0.25, -0.2) is 0 Å². The van der Waals surface area contributed by atoms with Crippen molar-refractivity contribution in [1.82, 2.24) is 0 Å². The number of fused-ring (bicyclic) bond motifs is 10. The van der Waals surface area contributed by atoms with Gasteiger partial charge in [-0.3, -0.25) is 0 Å². The summed E-state index contributed by atoms with van der Waals surface area (Å²) in [5, 5.41) is 3.61. The van der Waals surface area contributed by atoms with Crippen LogP contribution < -0.4 is 0 Å². The van der Waals surface area contributed by atoms with Crippen LogP contribution in [-0.2, 0) is 39.5 Å². The second-order valence-corrected chi connectivity index (χ2v) is 21.3. The van der Waals surface area contributed by atoms with E-state index in [1.54, 1.807) is 21.5 Å². The van der Waals surface area contributed by atoms with Crippen LogP contribution in [0.3, 0.4) is 0 Å². The number of benzene rings is 1. The molecule has 2 aliphatic heterocycles. The summed E-state index contributed by atoms with van der Waals surface area (Å²) in [7, 11) is -2.66. The molecule has 2 heterocycles. The fraction of sp³-hybridized carbons (Fsp3) is 0.483. The molecule has 0 spiro atoms. The van der Waals surface area contributed by atoms with E-state index in [4.69, 9.17) is 9.47 Å². The molecule has 0 unspecified atom stereocenters. The third-order valence-corrected chi connectivity index (χ3v) is 10.6. The van der Waals surface area contributed by atoms with E-state index >= 15 is 0 Å². The molecule has 0 amide bonds. The first kappa shape index (κ1) is 29.8. The molecule has 188 valence electrons. The summed E-state index contributed by atoms with van der Waals surface area (Å²) in [6, 6.07) is 8.68. The van der Waals surface area contributed by atoms with Crippen molar-refractivity contribution in [3.63, 3.8) is 0 Å². The van der Waals surface area contributed by atoms with E-state index in [1.165, 1.54) is 24.0 Å². The standard InChI is InChI=1S/C24H38O2Si2.C5H5.Co/c1-27(2,3)23-21-9-7-15-25-17-19-11-13-20(14-12-19)18-26-16-8-10-22(21)24(23)28(4,5)6;1-2-4-5-3-1;/h11-14H,7-10,15-18H2,1-6H3;1-5H;. The molecule has 0 aromatic heterocycles. The van der Waals surface area contributed by atoms with Crippen LogP contribution in [-0.4, -0.2) is 29.4 Å². The van der Waals surface area contributed by atoms with Crippen LogP contribution in [0.1, 0.15) is 36.8 Å². The SMILES string of the molecule is C[Si](C)(C)C1=C([Si](C)(C)C)C2=C1CCCOCc1ccc(cc1)COCCC2.[CH]1[CH][CH][CH][CH]1.[Co]. The summed E-state index contributed by atoms with van der Waals surface area (Å²) in [6.45, 7) is 18.3. The van der Waals surface area contributed by atoms with E-state index in [1.807, 2.05) is 32.1 Å². The summed E-state index contributed by atoms with van der Waals surface area (Å²) in [5.41, 5.74) is 5.91. The van der Waals surface area contributed by atoms with E-state index < -0.39 is 16.1 Å². The molecule has 1 fully saturated rings. The Labute approximate surface area is 222 Å². The van der Waals surface area contributed by atoms with Gasteiger partial charge in [0.15, 0.2) is 0 Å². The van der Waals surface area contributed by atoms with Crippen molar-refractivity contribution in [2.75, 3.05) is 13.2 Å². The van der Waals surface area contributed by atoms with Crippen molar-refractivity contribution >= 4 is 16.1 Å². The monoisotopic (exact) mass is 538 g/mol. The second kappa shape index (κ2) is 13.8. The summed E-state index contributed by atoms with van der Waals surface area (Å²) < 4.78 is 12.0. The Kier molecular flexibility index (Phi) is 12.0. The molecule has 1 aromatic rings. The van der Waals surface area contributed by atoms with Gasteiger partial charge in [-0.2, -0.15) is 0 Å². The molecular formula is C29H43CoO2Si2. The predicted molar refractivity (Wildman–Crippen MR) is 146 cm³/mol. The van der Waals surface area contributed by atoms with Crippen LogP contribution >= 0.6 is 0 Å². The molecule has 5 heteroatoms. The van der Waals surface area contributed by atoms with Gasteiger partial charge in [0.2, 0.25) is 0 Å². The minimum Gasteiger partial charge on any atom is -0.377 e. The molecule has 0 N–H and O–H groups in total. The van der Waals surface area contributed by atoms with Gasteiger partial charge in [-0.1, -0.05) is 73.9 Å². The molecule has 1 saturated carbocycles. The third kappa shape index (κ3) is 8.60. The first-order chi connectivity index (χ1) is 15.7. The first-order valence-corrected chi connectivity index (χ1v) is 19.6. The van der Waals surface area contributed by atoms with Gasteiger partial charge in [0.05, 0.1) is 29.4 Å². The van der Waals surface area contributed by atoms with Crippen molar-refractivity contribution in [3.05, 3.63) is 89.0 Å². The average Bonchev–Trinajstić information content (AvgIpc) is 3.30. The zero-order chi connectivity index (χ0) is 23.9. The van der Waals surface area contributed by atoms with E-state index in [2.05, 4.69) is 63.5 Å². The van der Waals surface area contributed by atoms with Crippen LogP contribution in [0.4, 0.5) is 0 Å². The van der Waals surface area contributed by atoms with Crippen LogP contribution in [0, 0.1) is 32.1 Å². The Balaban J connectivity index is 0.000000603. The van der Waals surface area contributed by atoms with Gasteiger partial charge >= 0.3 is 0 Å². The smallest absolute Gasteiger partial charge is 0.0778 e. The Hall–Kier alpha value is -0.440. The summed E-state index contributed by atoms with van der Waals surface area (Å²) in [5.74, 6) is 0. The minimum absolute atomic E-state index is 0. The maximum Gasteiger partial charge on any atom is 0.0778 e. The van der Waals surface area contributed by atoms with Crippen molar-refractivity contribution in [2.45, 2.75) is 78.2 Å². The number of allylic oxidation sites excluding steroid dienone is 4. The molecule has 2 bridgehead atoms. The van der Waals surface area contributed by atoms with E-state index in [9.17, 15) is 0 Å². The number of hydrogen-bond acceptors (Lipinski definition) is 2. The van der Waals surface area contributed by atoms with Crippen molar-refractivity contribution in [3.8, 4) is 0 Å². The zero-order valence-electron chi connectivity index (χ0n) is 22.0. The Morgan fingerprint density at radius 2 is 0.882 bits per heavy atom. The van der Waals surface area contributed by atoms with Gasteiger partial charge in [-0.15, -0.1) is 0 Å². The molecule has 4 aliphatic rings. The first-order valence-electron chi connectivity index (χ1n) is 12.6.